The third-order valence-corrected chi connectivity index (χ3v) is 4.12. The van der Waals surface area contributed by atoms with Crippen LogP contribution in [0.3, 0.4) is 0 Å². The zero-order chi connectivity index (χ0) is 17.6. The molecule has 0 aliphatic carbocycles. The fraction of sp³-hybridized carbons (Fsp3) is 0.0556. The highest BCUT2D eigenvalue weighted by Crippen LogP contribution is 2.25. The molecule has 0 spiro atoms. The maximum atomic E-state index is 12.2. The summed E-state index contributed by atoms with van der Waals surface area (Å²) in [6.45, 7) is 0.629. The lowest BCUT2D eigenvalue weighted by Crippen LogP contribution is -2.14. The molecular weight excluding hydrogens is 359 g/mol. The van der Waals surface area contributed by atoms with Crippen molar-refractivity contribution in [3.05, 3.63) is 82.2 Å². The van der Waals surface area contributed by atoms with Gasteiger partial charge in [0.25, 0.3) is 5.91 Å². The summed E-state index contributed by atoms with van der Waals surface area (Å²) >= 11 is 11.8. The van der Waals surface area contributed by atoms with Gasteiger partial charge in [0.05, 0.1) is 22.4 Å². The molecule has 0 aliphatic heterocycles. The third-order valence-electron chi connectivity index (χ3n) is 3.38. The molecule has 3 aromatic rings. The zero-order valence-electron chi connectivity index (χ0n) is 13.0. The van der Waals surface area contributed by atoms with E-state index in [4.69, 9.17) is 23.2 Å². The average Bonchev–Trinajstić information content (AvgIpc) is 2.64. The SMILES string of the molecule is O=C(Nc1ccc(Cl)c(Cl)c1)c1cnc(NCc2ccccc2)cn1. The van der Waals surface area contributed by atoms with Crippen LogP contribution in [0.25, 0.3) is 0 Å². The first-order chi connectivity index (χ1) is 12.1. The first-order valence-corrected chi connectivity index (χ1v) is 8.23. The summed E-state index contributed by atoms with van der Waals surface area (Å²) < 4.78 is 0. The Morgan fingerprint density at radius 1 is 0.960 bits per heavy atom. The molecule has 2 aromatic carbocycles. The lowest BCUT2D eigenvalue weighted by Gasteiger charge is -2.07. The standard InChI is InChI=1S/C18H14Cl2N4O/c19-14-7-6-13(8-15(14)20)24-18(25)16-10-23-17(11-21-16)22-9-12-4-2-1-3-5-12/h1-8,10-11H,9H2,(H,22,23)(H,24,25). The van der Waals surface area contributed by atoms with E-state index in [1.807, 2.05) is 30.3 Å². The lowest BCUT2D eigenvalue weighted by atomic mass is 10.2. The molecule has 2 N–H and O–H groups in total. The molecule has 7 heteroatoms. The van der Waals surface area contributed by atoms with E-state index < -0.39 is 0 Å². The second-order valence-corrected chi connectivity index (χ2v) is 6.02. The first kappa shape index (κ1) is 17.2. The van der Waals surface area contributed by atoms with Gasteiger partial charge in [0.15, 0.2) is 0 Å². The Hall–Kier alpha value is -2.63. The summed E-state index contributed by atoms with van der Waals surface area (Å²) in [5.41, 5.74) is 1.87. The van der Waals surface area contributed by atoms with Crippen molar-refractivity contribution in [2.45, 2.75) is 6.54 Å². The maximum absolute atomic E-state index is 12.2. The molecule has 0 unspecified atom stereocenters. The number of halogens is 2. The largest absolute Gasteiger partial charge is 0.365 e. The molecule has 1 heterocycles. The average molecular weight is 373 g/mol. The number of hydrogen-bond donors (Lipinski definition) is 2. The number of nitrogens with zero attached hydrogens (tertiary/aromatic N) is 2. The van der Waals surface area contributed by atoms with Crippen LogP contribution in [0.2, 0.25) is 10.0 Å². The number of amides is 1. The minimum atomic E-state index is -0.375. The smallest absolute Gasteiger partial charge is 0.275 e. The number of carbonyl (C=O) groups is 1. The van der Waals surface area contributed by atoms with E-state index in [9.17, 15) is 4.79 Å². The predicted molar refractivity (Wildman–Crippen MR) is 100 cm³/mol. The van der Waals surface area contributed by atoms with Gasteiger partial charge in [-0.2, -0.15) is 0 Å². The Morgan fingerprint density at radius 3 is 2.44 bits per heavy atom. The van der Waals surface area contributed by atoms with Gasteiger partial charge in [-0.25, -0.2) is 9.97 Å². The number of nitrogens with one attached hydrogen (secondary N) is 2. The second-order valence-electron chi connectivity index (χ2n) is 5.21. The van der Waals surface area contributed by atoms with Crippen molar-refractivity contribution in [2.24, 2.45) is 0 Å². The fourth-order valence-corrected chi connectivity index (χ4v) is 2.39. The molecular formula is C18H14Cl2N4O. The van der Waals surface area contributed by atoms with E-state index in [2.05, 4.69) is 20.6 Å². The third kappa shape index (κ3) is 4.68. The first-order valence-electron chi connectivity index (χ1n) is 7.48. The molecule has 1 aromatic heterocycles. The summed E-state index contributed by atoms with van der Waals surface area (Å²) in [5, 5.41) is 6.64. The van der Waals surface area contributed by atoms with Crippen LogP contribution in [0.15, 0.2) is 60.9 Å². The van der Waals surface area contributed by atoms with Gasteiger partial charge in [-0.3, -0.25) is 4.79 Å². The van der Waals surface area contributed by atoms with E-state index in [-0.39, 0.29) is 11.6 Å². The molecule has 126 valence electrons. The molecule has 3 rings (SSSR count). The van der Waals surface area contributed by atoms with Crippen LogP contribution in [0.1, 0.15) is 16.1 Å². The van der Waals surface area contributed by atoms with Crippen molar-refractivity contribution in [2.75, 3.05) is 10.6 Å². The van der Waals surface area contributed by atoms with Gasteiger partial charge < -0.3 is 10.6 Å². The van der Waals surface area contributed by atoms with Crippen LogP contribution >= 0.6 is 23.2 Å². The highest BCUT2D eigenvalue weighted by molar-refractivity contribution is 6.42. The van der Waals surface area contributed by atoms with Crippen molar-refractivity contribution < 1.29 is 4.79 Å². The molecule has 0 bridgehead atoms. The zero-order valence-corrected chi connectivity index (χ0v) is 14.6. The van der Waals surface area contributed by atoms with Gasteiger partial charge in [0, 0.05) is 12.2 Å². The minimum Gasteiger partial charge on any atom is -0.365 e. The van der Waals surface area contributed by atoms with Gasteiger partial charge in [-0.1, -0.05) is 53.5 Å². The molecule has 1 amide bonds. The summed E-state index contributed by atoms with van der Waals surface area (Å²) in [6, 6.07) is 14.8. The van der Waals surface area contributed by atoms with Crippen molar-refractivity contribution >= 4 is 40.6 Å². The topological polar surface area (TPSA) is 66.9 Å². The quantitative estimate of drug-likeness (QED) is 0.683. The number of aromatic nitrogens is 2. The second kappa shape index (κ2) is 7.96. The minimum absolute atomic E-state index is 0.205. The van der Waals surface area contributed by atoms with Crippen molar-refractivity contribution in [1.29, 1.82) is 0 Å². The number of hydrogen-bond acceptors (Lipinski definition) is 4. The summed E-state index contributed by atoms with van der Waals surface area (Å²) in [7, 11) is 0. The van der Waals surface area contributed by atoms with Crippen LogP contribution in [0.5, 0.6) is 0 Å². The molecule has 0 saturated carbocycles. The molecule has 0 radical (unpaired) electrons. The fourth-order valence-electron chi connectivity index (χ4n) is 2.09. The normalized spacial score (nSPS) is 10.3. The molecule has 0 saturated heterocycles. The van der Waals surface area contributed by atoms with E-state index in [1.54, 1.807) is 18.2 Å². The maximum Gasteiger partial charge on any atom is 0.275 e. The van der Waals surface area contributed by atoms with E-state index >= 15 is 0 Å². The molecule has 0 atom stereocenters. The van der Waals surface area contributed by atoms with Crippen molar-refractivity contribution in [3.8, 4) is 0 Å². The highest BCUT2D eigenvalue weighted by Gasteiger charge is 2.09. The van der Waals surface area contributed by atoms with Gasteiger partial charge in [0.1, 0.15) is 11.5 Å². The summed E-state index contributed by atoms with van der Waals surface area (Å²) in [6.07, 6.45) is 2.94. The number of benzene rings is 2. The number of anilines is 2. The lowest BCUT2D eigenvalue weighted by molar-refractivity contribution is 0.102. The molecule has 5 nitrogen and oxygen atoms in total. The van der Waals surface area contributed by atoms with Gasteiger partial charge >= 0.3 is 0 Å². The van der Waals surface area contributed by atoms with E-state index in [1.165, 1.54) is 12.4 Å². The number of rotatable bonds is 5. The van der Waals surface area contributed by atoms with Crippen LogP contribution in [0, 0.1) is 0 Å². The van der Waals surface area contributed by atoms with E-state index in [0.717, 1.165) is 5.56 Å². The van der Waals surface area contributed by atoms with E-state index in [0.29, 0.717) is 28.1 Å². The summed E-state index contributed by atoms with van der Waals surface area (Å²) in [5.74, 6) is 0.218. The van der Waals surface area contributed by atoms with Crippen LogP contribution < -0.4 is 10.6 Å². The molecule has 25 heavy (non-hydrogen) atoms. The van der Waals surface area contributed by atoms with Gasteiger partial charge in [-0.05, 0) is 23.8 Å². The molecule has 0 fully saturated rings. The van der Waals surface area contributed by atoms with Gasteiger partial charge in [0.2, 0.25) is 0 Å². The monoisotopic (exact) mass is 372 g/mol. The van der Waals surface area contributed by atoms with Gasteiger partial charge in [-0.15, -0.1) is 0 Å². The van der Waals surface area contributed by atoms with Crippen molar-refractivity contribution in [1.82, 2.24) is 9.97 Å². The van der Waals surface area contributed by atoms with Crippen LogP contribution in [-0.4, -0.2) is 15.9 Å². The van der Waals surface area contributed by atoms with Crippen LogP contribution in [-0.2, 0) is 6.54 Å². The Morgan fingerprint density at radius 2 is 1.76 bits per heavy atom. The Labute approximate surface area is 155 Å². The van der Waals surface area contributed by atoms with Crippen LogP contribution in [0.4, 0.5) is 11.5 Å². The Bertz CT molecular complexity index is 870. The predicted octanol–water partition coefficient (Wildman–Crippen LogP) is 4.65. The Kier molecular flexibility index (Phi) is 5.48. The Balaban J connectivity index is 1.61. The number of carbonyl (C=O) groups excluding carboxylic acids is 1. The van der Waals surface area contributed by atoms with Crippen molar-refractivity contribution in [3.63, 3.8) is 0 Å². The molecule has 0 aliphatic rings. The summed E-state index contributed by atoms with van der Waals surface area (Å²) in [4.78, 5) is 20.5. The highest BCUT2D eigenvalue weighted by atomic mass is 35.5.